The van der Waals surface area contributed by atoms with Gasteiger partial charge in [-0.2, -0.15) is 8.78 Å². The molecule has 24 nitrogen and oxygen atoms in total. The number of carbonyl (C=O) groups excluding carboxylic acids is 4. The van der Waals surface area contributed by atoms with Crippen molar-refractivity contribution >= 4 is 62.2 Å². The summed E-state index contributed by atoms with van der Waals surface area (Å²) in [5.74, 6) is -10.8. The highest BCUT2D eigenvalue weighted by Gasteiger charge is 2.53. The van der Waals surface area contributed by atoms with Gasteiger partial charge in [-0.3, -0.25) is 23.8 Å². The molecule has 0 aliphatic carbocycles. The fourth-order valence-corrected chi connectivity index (χ4v) is 10.3. The number of pyridine rings is 1. The van der Waals surface area contributed by atoms with Crippen molar-refractivity contribution in [1.82, 2.24) is 44.5 Å². The molecule has 2 aliphatic rings. The summed E-state index contributed by atoms with van der Waals surface area (Å²) in [4.78, 5) is 64.3. The molecule has 460 valence electrons. The number of nitrogens with zero attached hydrogens (tertiary/aromatic N) is 8. The average molecular weight is 1230 g/mol. The average Bonchev–Trinajstić information content (AvgIpc) is 1.79. The van der Waals surface area contributed by atoms with Gasteiger partial charge in [-0.25, -0.2) is 36.4 Å². The molecule has 5 heterocycles. The van der Waals surface area contributed by atoms with Crippen LogP contribution in [0.3, 0.4) is 0 Å². The fourth-order valence-electron chi connectivity index (χ4n) is 9.09. The number of halogens is 6. The van der Waals surface area contributed by atoms with E-state index < -0.39 is 87.4 Å². The molecule has 2 aromatic carbocycles. The molecule has 0 radical (unpaired) electrons. The molecule has 31 heteroatoms. The first-order chi connectivity index (χ1) is 40.5. The highest BCUT2D eigenvalue weighted by molar-refractivity contribution is 7.90. The molecule has 2 N–H and O–H groups in total. The van der Waals surface area contributed by atoms with E-state index in [-0.39, 0.29) is 104 Å². The summed E-state index contributed by atoms with van der Waals surface area (Å²) in [6.07, 6.45) is 4.55. The Morgan fingerprint density at radius 2 is 1.50 bits per heavy atom. The number of esters is 1. The maximum atomic E-state index is 14.5. The third-order valence-corrected chi connectivity index (χ3v) is 14.8. The maximum Gasteiger partial charge on any atom is 0.410 e. The number of unbranched alkanes of at least 4 members (excludes halogenated alkanes) is 1. The number of sulfonamides is 1. The van der Waals surface area contributed by atoms with E-state index in [1.165, 1.54) is 11.8 Å². The van der Waals surface area contributed by atoms with E-state index in [1.54, 1.807) is 40.3 Å². The minimum Gasteiger partial charge on any atom is -0.445 e. The van der Waals surface area contributed by atoms with Crippen molar-refractivity contribution in [3.8, 4) is 5.75 Å². The van der Waals surface area contributed by atoms with Crippen molar-refractivity contribution in [3.63, 3.8) is 0 Å². The van der Waals surface area contributed by atoms with Crippen LogP contribution in [0.15, 0.2) is 48.9 Å². The van der Waals surface area contributed by atoms with E-state index in [4.69, 9.17) is 49.7 Å². The summed E-state index contributed by atoms with van der Waals surface area (Å²) in [6.45, 7) is 4.45. The third-order valence-electron chi connectivity index (χ3n) is 13.3. The summed E-state index contributed by atoms with van der Waals surface area (Å²) < 4.78 is 141. The molecule has 84 heavy (non-hydrogen) atoms. The predicted molar refractivity (Wildman–Crippen MR) is 289 cm³/mol. The van der Waals surface area contributed by atoms with Gasteiger partial charge in [-0.1, -0.05) is 16.8 Å². The van der Waals surface area contributed by atoms with Gasteiger partial charge in [0.15, 0.2) is 11.6 Å². The van der Waals surface area contributed by atoms with Crippen LogP contribution < -0.4 is 19.7 Å². The Kier molecular flexibility index (Phi) is 24.9. The topological polar surface area (TPSA) is 268 Å². The molecule has 7 rings (SSSR count). The van der Waals surface area contributed by atoms with Crippen LogP contribution >= 0.6 is 11.6 Å². The lowest BCUT2D eigenvalue weighted by atomic mass is 9.74. The van der Waals surface area contributed by atoms with Crippen LogP contribution in [-0.2, 0) is 89.2 Å². The Morgan fingerprint density at radius 3 is 2.20 bits per heavy atom. The van der Waals surface area contributed by atoms with Gasteiger partial charge in [0.1, 0.15) is 23.4 Å². The Bertz CT molecular complexity index is 3090. The molecule has 3 aromatic heterocycles. The summed E-state index contributed by atoms with van der Waals surface area (Å²) in [5.41, 5.74) is 2.58. The van der Waals surface area contributed by atoms with Crippen molar-refractivity contribution in [2.75, 3.05) is 116 Å². The second-order valence-electron chi connectivity index (χ2n) is 19.3. The quantitative estimate of drug-likeness (QED) is 0.0181. The highest BCUT2D eigenvalue weighted by Crippen LogP contribution is 2.48. The maximum absolute atomic E-state index is 14.5. The van der Waals surface area contributed by atoms with Crippen LogP contribution in [0.2, 0.25) is 5.02 Å². The van der Waals surface area contributed by atoms with E-state index in [9.17, 15) is 49.5 Å². The molecule has 0 bridgehead atoms. The normalized spacial score (nSPS) is 14.4. The highest BCUT2D eigenvalue weighted by atomic mass is 35.5. The third kappa shape index (κ3) is 18.5. The Labute approximate surface area is 485 Å². The Hall–Kier alpha value is -6.51. The number of rotatable bonds is 36. The van der Waals surface area contributed by atoms with E-state index in [1.807, 2.05) is 16.7 Å². The van der Waals surface area contributed by atoms with Crippen molar-refractivity contribution in [1.29, 1.82) is 0 Å². The molecule has 1 spiro atoms. The molecular formula is C53H66ClF5N10O14S. The number of aryl methyl sites for hydroxylation is 1. The van der Waals surface area contributed by atoms with Gasteiger partial charge in [-0.15, -0.1) is 5.10 Å². The summed E-state index contributed by atoms with van der Waals surface area (Å²) in [6, 6.07) is 7.21. The molecule has 0 saturated carbocycles. The zero-order valence-electron chi connectivity index (χ0n) is 46.1. The first-order valence-corrected chi connectivity index (χ1v) is 29.1. The van der Waals surface area contributed by atoms with Gasteiger partial charge in [0.2, 0.25) is 39.2 Å². The largest absolute Gasteiger partial charge is 0.445 e. The molecule has 1 fully saturated rings. The zero-order valence-corrected chi connectivity index (χ0v) is 47.6. The molecule has 1 atom stereocenters. The van der Waals surface area contributed by atoms with Crippen molar-refractivity contribution < 1.29 is 87.4 Å². The SMILES string of the molecule is C[C@H](CNS(=O)(=O)CC(=O)NCCOCCOCc1cn(CCOCCOCCOCCOCCC(=O)Oc2c(F)c(F)cc(F)c2F)nn1)OC(=O)N1CCC2(CC1)C(=O)N(Cc1nc3cc(Cl)ccc3n1CCCCF)c1cnccc12. The van der Waals surface area contributed by atoms with Crippen LogP contribution in [0, 0.1) is 23.3 Å². The molecule has 2 aliphatic heterocycles. The van der Waals surface area contributed by atoms with E-state index in [0.29, 0.717) is 86.3 Å². The van der Waals surface area contributed by atoms with Crippen molar-refractivity contribution in [2.24, 2.45) is 0 Å². The number of hydrogen-bond acceptors (Lipinski definition) is 18. The molecular weight excluding hydrogens is 1160 g/mol. The number of benzene rings is 2. The van der Waals surface area contributed by atoms with Crippen molar-refractivity contribution in [2.45, 2.75) is 76.8 Å². The lowest BCUT2D eigenvalue weighted by Gasteiger charge is -2.38. The fraction of sp³-hybridized carbons (Fsp3) is 0.547. The van der Waals surface area contributed by atoms with E-state index in [0.717, 1.165) is 11.1 Å². The van der Waals surface area contributed by atoms with Gasteiger partial charge in [0.25, 0.3) is 0 Å². The lowest BCUT2D eigenvalue weighted by Crippen LogP contribution is -2.50. The number of anilines is 1. The molecule has 5 aromatic rings. The molecule has 3 amide bonds. The number of alkyl halides is 1. The summed E-state index contributed by atoms with van der Waals surface area (Å²) >= 11 is 6.28. The summed E-state index contributed by atoms with van der Waals surface area (Å²) in [7, 11) is -4.10. The summed E-state index contributed by atoms with van der Waals surface area (Å²) in [5, 5.41) is 11.1. The zero-order chi connectivity index (χ0) is 60.1. The van der Waals surface area contributed by atoms with E-state index in [2.05, 4.69) is 30.1 Å². The molecule has 1 saturated heterocycles. The number of aromatic nitrogens is 6. The minimum atomic E-state index is -4.10. The first-order valence-electron chi connectivity index (χ1n) is 27.0. The van der Waals surface area contributed by atoms with Gasteiger partial charge in [0, 0.05) is 50.0 Å². The second-order valence-corrected chi connectivity index (χ2v) is 21.6. The second kappa shape index (κ2) is 32.1. The standard InChI is InChI=1S/C53H66ClF5N10O14S/c1-36(82-52(73)66-14-8-53(9-15-66)39-6-11-60-31-44(39)69(51(53)72)33-45-63-42-28-37(54)4-5-43(42)68(45)13-3-2-10-55)30-62-84(74,75)35-46(70)61-12-18-77-26-27-81-34-38-32-67(65-64-38)16-19-78-21-23-80-25-24-79-22-20-76-17-7-47(71)83-50-48(58)40(56)29-41(57)49(50)59/h4-6,11,28-29,31-32,36,62H,2-3,7-10,12-27,30,33-35H2,1H3,(H,61,70)/t36-/m1/s1. The number of nitrogens with one attached hydrogen (secondary N) is 2. The van der Waals surface area contributed by atoms with Crippen molar-refractivity contribution in [3.05, 3.63) is 94.3 Å². The first kappa shape index (κ1) is 65.0. The number of hydrogen-bond donors (Lipinski definition) is 2. The number of imidazole rings is 1. The number of ether oxygens (including phenoxy) is 8. The number of carbonyl (C=O) groups is 4. The van der Waals surface area contributed by atoms with Crippen LogP contribution in [0.4, 0.5) is 32.4 Å². The Morgan fingerprint density at radius 1 is 0.833 bits per heavy atom. The number of fused-ring (bicyclic) bond motifs is 3. The number of amides is 3. The predicted octanol–water partition coefficient (Wildman–Crippen LogP) is 4.72. The Balaban J connectivity index is 0.673. The van der Waals surface area contributed by atoms with Crippen LogP contribution in [0.5, 0.6) is 5.75 Å². The number of likely N-dealkylation sites (tertiary alicyclic amines) is 1. The number of piperidine rings is 1. The van der Waals surface area contributed by atoms with Gasteiger partial charge in [-0.05, 0) is 62.4 Å². The minimum absolute atomic E-state index is 0.00236. The van der Waals surface area contributed by atoms with Crippen LogP contribution in [0.25, 0.3) is 11.0 Å². The van der Waals surface area contributed by atoms with E-state index >= 15 is 0 Å². The monoisotopic (exact) mass is 1230 g/mol. The van der Waals surface area contributed by atoms with Gasteiger partial charge < -0.3 is 57.6 Å². The smallest absolute Gasteiger partial charge is 0.410 e. The lowest BCUT2D eigenvalue weighted by molar-refractivity contribution is -0.136. The van der Waals surface area contributed by atoms with Gasteiger partial charge in [0.05, 0.1) is 140 Å². The van der Waals surface area contributed by atoms with Crippen LogP contribution in [0.1, 0.15) is 56.1 Å². The molecule has 0 unspecified atom stereocenters. The van der Waals surface area contributed by atoms with Crippen LogP contribution in [-0.4, -0.2) is 184 Å². The van der Waals surface area contributed by atoms with Gasteiger partial charge >= 0.3 is 12.1 Å².